The molecule has 0 aromatic rings. The average molecular weight is 326 g/mol. The Morgan fingerprint density at radius 3 is 2.35 bits per heavy atom. The Bertz CT molecular complexity index is 394. The van der Waals surface area contributed by atoms with Gasteiger partial charge in [0, 0.05) is 25.7 Å². The van der Waals surface area contributed by atoms with E-state index in [1.165, 1.54) is 19.3 Å². The number of nitrogens with zero attached hydrogens (tertiary/aromatic N) is 2. The van der Waals surface area contributed by atoms with E-state index in [9.17, 15) is 9.90 Å². The number of carbonyl (C=O) groups excluding carboxylic acids is 1. The molecule has 0 aromatic carbocycles. The van der Waals surface area contributed by atoms with Crippen molar-refractivity contribution >= 4 is 6.09 Å². The second kappa shape index (κ2) is 7.39. The normalized spacial score (nSPS) is 22.1. The molecule has 1 saturated carbocycles. The Morgan fingerprint density at radius 1 is 1.30 bits per heavy atom. The zero-order valence-electron chi connectivity index (χ0n) is 15.3. The number of likely N-dealkylation sites (tertiary alicyclic amines) is 1. The number of piperidine rings is 1. The van der Waals surface area contributed by atoms with Crippen molar-refractivity contribution in [3.63, 3.8) is 0 Å². The highest BCUT2D eigenvalue weighted by atomic mass is 16.6. The fourth-order valence-electron chi connectivity index (χ4n) is 3.40. The molecule has 1 saturated heterocycles. The number of amides is 1. The predicted molar refractivity (Wildman–Crippen MR) is 91.5 cm³/mol. The van der Waals surface area contributed by atoms with Gasteiger partial charge >= 0.3 is 6.09 Å². The summed E-state index contributed by atoms with van der Waals surface area (Å²) in [5.74, 6) is 0. The number of aliphatic hydroxyl groups is 1. The largest absolute Gasteiger partial charge is 0.444 e. The number of carbonyl (C=O) groups is 1. The first-order chi connectivity index (χ1) is 10.7. The van der Waals surface area contributed by atoms with Crippen molar-refractivity contribution in [1.29, 1.82) is 0 Å². The fraction of sp³-hybridized carbons (Fsp3) is 0.944. The molecule has 23 heavy (non-hydrogen) atoms. The van der Waals surface area contributed by atoms with Gasteiger partial charge in [0.2, 0.25) is 0 Å². The zero-order chi connectivity index (χ0) is 17.1. The van der Waals surface area contributed by atoms with E-state index >= 15 is 0 Å². The SMILES string of the molecule is CCCN(CC1(O)CCN(C(=O)OC(C)(C)C)CC1)C1CCC1. The third-order valence-corrected chi connectivity index (χ3v) is 4.95. The number of hydrogen-bond acceptors (Lipinski definition) is 4. The molecule has 5 heteroatoms. The molecule has 1 amide bonds. The second-order valence-electron chi connectivity index (χ2n) is 8.25. The molecule has 5 nitrogen and oxygen atoms in total. The maximum absolute atomic E-state index is 12.1. The first kappa shape index (κ1) is 18.5. The van der Waals surface area contributed by atoms with Gasteiger partial charge in [-0.15, -0.1) is 0 Å². The van der Waals surface area contributed by atoms with Crippen LogP contribution in [0.2, 0.25) is 0 Å². The molecule has 2 fully saturated rings. The molecule has 0 atom stereocenters. The Labute approximate surface area is 141 Å². The molecule has 1 aliphatic carbocycles. The summed E-state index contributed by atoms with van der Waals surface area (Å²) in [6, 6.07) is 0.655. The van der Waals surface area contributed by atoms with Crippen LogP contribution in [-0.4, -0.2) is 64.4 Å². The molecule has 0 bridgehead atoms. The monoisotopic (exact) mass is 326 g/mol. The molecule has 1 heterocycles. The lowest BCUT2D eigenvalue weighted by Gasteiger charge is -2.45. The summed E-state index contributed by atoms with van der Waals surface area (Å²) >= 11 is 0. The first-order valence-corrected chi connectivity index (χ1v) is 9.17. The number of hydrogen-bond donors (Lipinski definition) is 1. The summed E-state index contributed by atoms with van der Waals surface area (Å²) in [5.41, 5.74) is -1.13. The first-order valence-electron chi connectivity index (χ1n) is 9.17. The van der Waals surface area contributed by atoms with Crippen LogP contribution in [0.1, 0.15) is 66.2 Å². The summed E-state index contributed by atoms with van der Waals surface area (Å²) in [4.78, 5) is 16.3. The maximum Gasteiger partial charge on any atom is 0.410 e. The van der Waals surface area contributed by atoms with Crippen LogP contribution in [0.4, 0.5) is 4.79 Å². The van der Waals surface area contributed by atoms with Gasteiger partial charge in [0.1, 0.15) is 5.60 Å². The van der Waals surface area contributed by atoms with Gasteiger partial charge in [-0.3, -0.25) is 4.90 Å². The van der Waals surface area contributed by atoms with E-state index in [-0.39, 0.29) is 6.09 Å². The van der Waals surface area contributed by atoms with E-state index in [2.05, 4.69) is 11.8 Å². The van der Waals surface area contributed by atoms with Gasteiger partial charge in [-0.1, -0.05) is 13.3 Å². The van der Waals surface area contributed by atoms with Crippen molar-refractivity contribution in [3.05, 3.63) is 0 Å². The van der Waals surface area contributed by atoms with Crippen molar-refractivity contribution in [2.45, 2.75) is 83.5 Å². The van der Waals surface area contributed by atoms with E-state index in [4.69, 9.17) is 4.74 Å². The third-order valence-electron chi connectivity index (χ3n) is 4.95. The lowest BCUT2D eigenvalue weighted by atomic mass is 9.86. The average Bonchev–Trinajstić information content (AvgIpc) is 2.35. The lowest BCUT2D eigenvalue weighted by Crippen LogP contribution is -2.55. The molecular formula is C18H34N2O3. The van der Waals surface area contributed by atoms with Crippen molar-refractivity contribution in [1.82, 2.24) is 9.80 Å². The second-order valence-corrected chi connectivity index (χ2v) is 8.25. The molecule has 1 aliphatic heterocycles. The quantitative estimate of drug-likeness (QED) is 0.844. The van der Waals surface area contributed by atoms with E-state index in [1.54, 1.807) is 4.90 Å². The van der Waals surface area contributed by atoms with E-state index in [1.807, 2.05) is 20.8 Å². The van der Waals surface area contributed by atoms with E-state index in [0.717, 1.165) is 19.5 Å². The van der Waals surface area contributed by atoms with Crippen molar-refractivity contribution in [2.24, 2.45) is 0 Å². The minimum absolute atomic E-state index is 0.260. The van der Waals surface area contributed by atoms with Gasteiger partial charge < -0.3 is 14.7 Å². The van der Waals surface area contributed by atoms with Gasteiger partial charge in [0.05, 0.1) is 5.60 Å². The van der Waals surface area contributed by atoms with Crippen LogP contribution in [-0.2, 0) is 4.74 Å². The molecule has 2 rings (SSSR count). The zero-order valence-corrected chi connectivity index (χ0v) is 15.3. The van der Waals surface area contributed by atoms with Gasteiger partial charge in [0.25, 0.3) is 0 Å². The van der Waals surface area contributed by atoms with Gasteiger partial charge in [-0.2, -0.15) is 0 Å². The highest BCUT2D eigenvalue weighted by molar-refractivity contribution is 5.68. The van der Waals surface area contributed by atoms with Crippen LogP contribution in [0, 0.1) is 0 Å². The van der Waals surface area contributed by atoms with Crippen molar-refractivity contribution in [3.8, 4) is 0 Å². The van der Waals surface area contributed by atoms with Crippen LogP contribution in [0.5, 0.6) is 0 Å². The minimum atomic E-state index is -0.663. The Balaban J connectivity index is 1.84. The van der Waals surface area contributed by atoms with Gasteiger partial charge in [-0.25, -0.2) is 4.79 Å². The van der Waals surface area contributed by atoms with Crippen molar-refractivity contribution < 1.29 is 14.6 Å². The highest BCUT2D eigenvalue weighted by Gasteiger charge is 2.38. The summed E-state index contributed by atoms with van der Waals surface area (Å²) in [7, 11) is 0. The van der Waals surface area contributed by atoms with Crippen LogP contribution in [0.25, 0.3) is 0 Å². The highest BCUT2D eigenvalue weighted by Crippen LogP contribution is 2.30. The summed E-state index contributed by atoms with van der Waals surface area (Å²) in [6.45, 7) is 10.8. The molecule has 0 radical (unpaired) electrons. The molecule has 1 N–H and O–H groups in total. The number of ether oxygens (including phenoxy) is 1. The smallest absolute Gasteiger partial charge is 0.410 e. The predicted octanol–water partition coefficient (Wildman–Crippen LogP) is 3.01. The standard InChI is InChI=1S/C18H34N2O3/c1-5-11-20(15-7-6-8-15)14-18(22)9-12-19(13-10-18)16(21)23-17(2,3)4/h15,22H,5-14H2,1-4H3. The Kier molecular flexibility index (Phi) is 5.95. The molecule has 0 aromatic heterocycles. The Morgan fingerprint density at radius 2 is 1.91 bits per heavy atom. The lowest BCUT2D eigenvalue weighted by molar-refractivity contribution is -0.0624. The topological polar surface area (TPSA) is 53.0 Å². The molecule has 0 spiro atoms. The summed E-state index contributed by atoms with van der Waals surface area (Å²) in [5, 5.41) is 10.9. The van der Waals surface area contributed by atoms with E-state index in [0.29, 0.717) is 32.0 Å². The van der Waals surface area contributed by atoms with E-state index < -0.39 is 11.2 Å². The van der Waals surface area contributed by atoms with Crippen LogP contribution in [0.3, 0.4) is 0 Å². The maximum atomic E-state index is 12.1. The van der Waals surface area contributed by atoms with Crippen LogP contribution >= 0.6 is 0 Å². The summed E-state index contributed by atoms with van der Waals surface area (Å²) < 4.78 is 5.42. The third kappa shape index (κ3) is 5.35. The molecule has 134 valence electrons. The van der Waals surface area contributed by atoms with Crippen LogP contribution in [0.15, 0.2) is 0 Å². The van der Waals surface area contributed by atoms with Crippen molar-refractivity contribution in [2.75, 3.05) is 26.2 Å². The Hall–Kier alpha value is -0.810. The fourth-order valence-corrected chi connectivity index (χ4v) is 3.40. The van der Waals surface area contributed by atoms with Gasteiger partial charge in [0.15, 0.2) is 0 Å². The van der Waals surface area contributed by atoms with Gasteiger partial charge in [-0.05, 0) is 59.4 Å². The molecule has 0 unspecified atom stereocenters. The van der Waals surface area contributed by atoms with Crippen LogP contribution < -0.4 is 0 Å². The summed E-state index contributed by atoms with van der Waals surface area (Å²) in [6.07, 6.45) is 5.98. The minimum Gasteiger partial charge on any atom is -0.444 e. The molecular weight excluding hydrogens is 292 g/mol. The molecule has 2 aliphatic rings. The number of rotatable bonds is 5.